The van der Waals surface area contributed by atoms with E-state index < -0.39 is 0 Å². The second kappa shape index (κ2) is 5.81. The molecule has 3 aromatic carbocycles. The van der Waals surface area contributed by atoms with Gasteiger partial charge in [-0.15, -0.1) is 0 Å². The van der Waals surface area contributed by atoms with Gasteiger partial charge in [-0.05, 0) is 47.4 Å². The smallest absolute Gasteiger partial charge is 0.119 e. The molecule has 1 heterocycles. The number of hydrogen-bond donors (Lipinski definition) is 1. The van der Waals surface area contributed by atoms with Gasteiger partial charge in [-0.25, -0.2) is 0 Å². The van der Waals surface area contributed by atoms with Gasteiger partial charge in [0, 0.05) is 17.3 Å². The van der Waals surface area contributed by atoms with E-state index in [1.54, 1.807) is 7.11 Å². The number of fused-ring (bicyclic) bond motifs is 2. The fourth-order valence-electron chi connectivity index (χ4n) is 3.40. The molecule has 0 bridgehead atoms. The molecule has 0 aromatic heterocycles. The van der Waals surface area contributed by atoms with Crippen molar-refractivity contribution in [1.29, 1.82) is 0 Å². The highest BCUT2D eigenvalue weighted by atomic mass is 16.5. The van der Waals surface area contributed by atoms with Crippen molar-refractivity contribution in [2.75, 3.05) is 12.4 Å². The molecule has 0 radical (unpaired) electrons. The highest BCUT2D eigenvalue weighted by Crippen LogP contribution is 2.42. The lowest BCUT2D eigenvalue weighted by atomic mass is 9.82. The van der Waals surface area contributed by atoms with Crippen LogP contribution in [0.25, 0.3) is 0 Å². The Morgan fingerprint density at radius 1 is 0.826 bits per heavy atom. The average Bonchev–Trinajstić information content (AvgIpc) is 2.61. The molecule has 0 atom stereocenters. The molecule has 0 saturated carbocycles. The third-order valence-corrected chi connectivity index (χ3v) is 4.52. The first-order chi connectivity index (χ1) is 11.3. The van der Waals surface area contributed by atoms with Crippen molar-refractivity contribution in [3.8, 4) is 5.75 Å². The number of nitrogens with one attached hydrogen (secondary N) is 1. The molecule has 0 unspecified atom stereocenters. The van der Waals surface area contributed by atoms with Crippen molar-refractivity contribution in [2.45, 2.75) is 12.3 Å². The Balaban J connectivity index is 1.78. The van der Waals surface area contributed by atoms with Gasteiger partial charge < -0.3 is 10.1 Å². The molecule has 114 valence electrons. The normalized spacial score (nSPS) is 12.9. The Kier molecular flexibility index (Phi) is 3.51. The van der Waals surface area contributed by atoms with Crippen LogP contribution in [0.3, 0.4) is 0 Å². The van der Waals surface area contributed by atoms with Crippen LogP contribution in [0.2, 0.25) is 0 Å². The monoisotopic (exact) mass is 301 g/mol. The second-order valence-corrected chi connectivity index (χ2v) is 5.91. The van der Waals surface area contributed by atoms with Crippen LogP contribution in [-0.4, -0.2) is 7.11 Å². The maximum Gasteiger partial charge on any atom is 0.119 e. The summed E-state index contributed by atoms with van der Waals surface area (Å²) < 4.78 is 5.37. The number of benzene rings is 3. The number of hydrogen-bond acceptors (Lipinski definition) is 2. The van der Waals surface area contributed by atoms with E-state index in [1.165, 1.54) is 28.1 Å². The molecule has 0 spiro atoms. The number of rotatable bonds is 3. The van der Waals surface area contributed by atoms with Gasteiger partial charge >= 0.3 is 0 Å². The van der Waals surface area contributed by atoms with Gasteiger partial charge in [0.15, 0.2) is 0 Å². The van der Waals surface area contributed by atoms with Crippen LogP contribution in [0.4, 0.5) is 11.4 Å². The van der Waals surface area contributed by atoms with Gasteiger partial charge in [-0.1, -0.05) is 48.5 Å². The molecular weight excluding hydrogens is 282 g/mol. The Labute approximate surface area is 136 Å². The largest absolute Gasteiger partial charge is 0.497 e. The molecule has 1 aliphatic rings. The van der Waals surface area contributed by atoms with Crippen LogP contribution in [-0.2, 0) is 6.42 Å². The number of anilines is 2. The predicted molar refractivity (Wildman–Crippen MR) is 94.7 cm³/mol. The number of para-hydroxylation sites is 2. The van der Waals surface area contributed by atoms with E-state index in [0.717, 1.165) is 12.2 Å². The zero-order valence-corrected chi connectivity index (χ0v) is 13.1. The van der Waals surface area contributed by atoms with Crippen molar-refractivity contribution in [1.82, 2.24) is 0 Å². The minimum absolute atomic E-state index is 0.357. The van der Waals surface area contributed by atoms with Crippen molar-refractivity contribution in [3.05, 3.63) is 89.5 Å². The Bertz CT molecular complexity index is 795. The molecule has 0 saturated heterocycles. The Morgan fingerprint density at radius 2 is 1.48 bits per heavy atom. The van der Waals surface area contributed by atoms with E-state index >= 15 is 0 Å². The van der Waals surface area contributed by atoms with Crippen LogP contribution in [0, 0.1) is 0 Å². The third-order valence-electron chi connectivity index (χ3n) is 4.52. The van der Waals surface area contributed by atoms with Crippen molar-refractivity contribution < 1.29 is 4.74 Å². The van der Waals surface area contributed by atoms with Gasteiger partial charge in [-0.3, -0.25) is 0 Å². The summed E-state index contributed by atoms with van der Waals surface area (Å²) >= 11 is 0. The fourth-order valence-corrected chi connectivity index (χ4v) is 3.40. The van der Waals surface area contributed by atoms with Crippen LogP contribution >= 0.6 is 0 Å². The number of ether oxygens (including phenoxy) is 1. The maximum absolute atomic E-state index is 5.37. The molecule has 4 rings (SSSR count). The van der Waals surface area contributed by atoms with E-state index in [4.69, 9.17) is 4.74 Å². The quantitative estimate of drug-likeness (QED) is 0.724. The van der Waals surface area contributed by atoms with E-state index in [9.17, 15) is 0 Å². The molecule has 0 aliphatic carbocycles. The summed E-state index contributed by atoms with van der Waals surface area (Å²) in [6.45, 7) is 0. The molecule has 23 heavy (non-hydrogen) atoms. The van der Waals surface area contributed by atoms with Gasteiger partial charge in [0.1, 0.15) is 5.75 Å². The predicted octanol–water partition coefficient (Wildman–Crippen LogP) is 5.13. The summed E-state index contributed by atoms with van der Waals surface area (Å²) in [6, 6.07) is 25.5. The highest BCUT2D eigenvalue weighted by Gasteiger charge is 2.25. The molecule has 0 amide bonds. The highest BCUT2D eigenvalue weighted by molar-refractivity contribution is 5.73. The molecule has 2 nitrogen and oxygen atoms in total. The summed E-state index contributed by atoms with van der Waals surface area (Å²) in [5.41, 5.74) is 6.42. The topological polar surface area (TPSA) is 21.3 Å². The van der Waals surface area contributed by atoms with E-state index in [0.29, 0.717) is 5.92 Å². The second-order valence-electron chi connectivity index (χ2n) is 5.91. The minimum Gasteiger partial charge on any atom is -0.497 e. The number of methoxy groups -OCH3 is 1. The summed E-state index contributed by atoms with van der Waals surface area (Å²) in [4.78, 5) is 0. The van der Waals surface area contributed by atoms with Crippen LogP contribution in [0.1, 0.15) is 22.6 Å². The van der Waals surface area contributed by atoms with Crippen molar-refractivity contribution in [2.24, 2.45) is 0 Å². The fraction of sp³-hybridized carbons (Fsp3) is 0.143. The first-order valence-electron chi connectivity index (χ1n) is 7.93. The van der Waals surface area contributed by atoms with E-state index in [-0.39, 0.29) is 0 Å². The third kappa shape index (κ3) is 2.57. The zero-order valence-electron chi connectivity index (χ0n) is 13.1. The SMILES string of the molecule is COc1cccc(CC2c3ccccc3Nc3ccccc32)c1. The molecule has 3 aromatic rings. The molecular formula is C21H19NO. The lowest BCUT2D eigenvalue weighted by Gasteiger charge is -2.29. The molecule has 0 fully saturated rings. The van der Waals surface area contributed by atoms with E-state index in [1.807, 2.05) is 6.07 Å². The Morgan fingerprint density at radius 3 is 2.13 bits per heavy atom. The Hall–Kier alpha value is -2.74. The lowest BCUT2D eigenvalue weighted by molar-refractivity contribution is 0.414. The standard InChI is InChI=1S/C21H19NO/c1-23-16-8-6-7-15(13-16)14-19-17-9-2-4-11-20(17)22-21-12-5-3-10-18(19)21/h2-13,19,22H,14H2,1H3. The first-order valence-corrected chi connectivity index (χ1v) is 7.93. The van der Waals surface area contributed by atoms with Gasteiger partial charge in [0.05, 0.1) is 7.11 Å². The molecule has 1 aliphatic heterocycles. The molecule has 1 N–H and O–H groups in total. The van der Waals surface area contributed by atoms with E-state index in [2.05, 4.69) is 72.0 Å². The van der Waals surface area contributed by atoms with Crippen LogP contribution in [0.15, 0.2) is 72.8 Å². The first kappa shape index (κ1) is 13.9. The van der Waals surface area contributed by atoms with Gasteiger partial charge in [-0.2, -0.15) is 0 Å². The van der Waals surface area contributed by atoms with Crippen molar-refractivity contribution >= 4 is 11.4 Å². The summed E-state index contributed by atoms with van der Waals surface area (Å²) in [5.74, 6) is 1.27. The van der Waals surface area contributed by atoms with Crippen LogP contribution in [0.5, 0.6) is 5.75 Å². The van der Waals surface area contributed by atoms with Gasteiger partial charge in [0.25, 0.3) is 0 Å². The summed E-state index contributed by atoms with van der Waals surface area (Å²) in [7, 11) is 1.72. The maximum atomic E-state index is 5.37. The summed E-state index contributed by atoms with van der Waals surface area (Å²) in [5, 5.41) is 3.55. The van der Waals surface area contributed by atoms with Crippen LogP contribution < -0.4 is 10.1 Å². The van der Waals surface area contributed by atoms with Crippen molar-refractivity contribution in [3.63, 3.8) is 0 Å². The lowest BCUT2D eigenvalue weighted by Crippen LogP contribution is -2.14. The summed E-state index contributed by atoms with van der Waals surface area (Å²) in [6.07, 6.45) is 0.965. The minimum atomic E-state index is 0.357. The van der Waals surface area contributed by atoms with Gasteiger partial charge in [0.2, 0.25) is 0 Å². The zero-order chi connectivity index (χ0) is 15.6. The molecule has 2 heteroatoms. The average molecular weight is 301 g/mol.